The van der Waals surface area contributed by atoms with E-state index in [2.05, 4.69) is 0 Å². The lowest BCUT2D eigenvalue weighted by molar-refractivity contribution is -0.297. The van der Waals surface area contributed by atoms with Gasteiger partial charge in [0.1, 0.15) is 5.38 Å². The van der Waals surface area contributed by atoms with Crippen molar-refractivity contribution in [2.75, 3.05) is 13.1 Å². The van der Waals surface area contributed by atoms with E-state index in [0.717, 1.165) is 4.90 Å². The number of β-amino-alcohol motifs (C(OH)–C–C–N with tert-alkyl or cyclic N) is 1. The number of hydrogen-bond donors (Lipinski definition) is 1. The molecule has 1 amide bonds. The summed E-state index contributed by atoms with van der Waals surface area (Å²) in [7, 11) is 0. The molecule has 0 aromatic rings. The van der Waals surface area contributed by atoms with Crippen molar-refractivity contribution in [2.45, 2.75) is 24.1 Å². The average molecular weight is 232 g/mol. The second-order valence-electron chi connectivity index (χ2n) is 3.34. The molecule has 0 spiro atoms. The van der Waals surface area contributed by atoms with Crippen molar-refractivity contribution in [2.24, 2.45) is 0 Å². The summed E-state index contributed by atoms with van der Waals surface area (Å²) in [6.45, 7) is -0.0896. The van der Waals surface area contributed by atoms with Crippen LogP contribution in [0.2, 0.25) is 0 Å². The van der Waals surface area contributed by atoms with Crippen LogP contribution in [0.1, 0.15) is 6.92 Å². The van der Waals surface area contributed by atoms with Gasteiger partial charge in [0.2, 0.25) is 5.91 Å². The van der Waals surface area contributed by atoms with Crippen molar-refractivity contribution in [3.63, 3.8) is 0 Å². The maximum absolute atomic E-state index is 12.1. The van der Waals surface area contributed by atoms with Crippen molar-refractivity contribution >= 4 is 17.5 Å². The van der Waals surface area contributed by atoms with Crippen molar-refractivity contribution in [3.05, 3.63) is 0 Å². The average Bonchev–Trinajstić information content (AvgIpc) is 1.94. The summed E-state index contributed by atoms with van der Waals surface area (Å²) in [6, 6.07) is 0. The Morgan fingerprint density at radius 1 is 1.57 bits per heavy atom. The number of nitrogens with zero attached hydrogens (tertiary/aromatic N) is 1. The zero-order valence-electron chi connectivity index (χ0n) is 7.31. The number of likely N-dealkylation sites (tertiary alicyclic amines) is 1. The van der Waals surface area contributed by atoms with Crippen LogP contribution in [0.25, 0.3) is 0 Å². The Hall–Kier alpha value is -0.490. The standard InChI is InChI=1S/C7H9ClF3NO2/c1-4(8)5(13)12-2-6(14,3-12)7(9,10)11/h4,14H,2-3H2,1H3. The molecule has 1 fully saturated rings. The van der Waals surface area contributed by atoms with Crippen LogP contribution in [0.15, 0.2) is 0 Å². The van der Waals surface area contributed by atoms with E-state index in [4.69, 9.17) is 16.7 Å². The Kier molecular flexibility index (Phi) is 2.71. The molecule has 7 heteroatoms. The fourth-order valence-electron chi connectivity index (χ4n) is 1.17. The summed E-state index contributed by atoms with van der Waals surface area (Å²) < 4.78 is 36.3. The molecular formula is C7H9ClF3NO2. The normalized spacial score (nSPS) is 22.9. The number of carbonyl (C=O) groups is 1. The largest absolute Gasteiger partial charge is 0.420 e. The molecule has 1 saturated heterocycles. The summed E-state index contributed by atoms with van der Waals surface area (Å²) in [5, 5.41) is 8.12. The van der Waals surface area contributed by atoms with E-state index < -0.39 is 36.2 Å². The Labute approximate surface area is 83.4 Å². The number of amides is 1. The van der Waals surface area contributed by atoms with Crippen molar-refractivity contribution in [3.8, 4) is 0 Å². The van der Waals surface area contributed by atoms with E-state index in [-0.39, 0.29) is 0 Å². The molecule has 14 heavy (non-hydrogen) atoms. The van der Waals surface area contributed by atoms with Crippen LogP contribution in [0, 0.1) is 0 Å². The van der Waals surface area contributed by atoms with Crippen molar-refractivity contribution in [1.82, 2.24) is 4.90 Å². The highest BCUT2D eigenvalue weighted by molar-refractivity contribution is 6.30. The van der Waals surface area contributed by atoms with Gasteiger partial charge in [-0.1, -0.05) is 0 Å². The highest BCUT2D eigenvalue weighted by Crippen LogP contribution is 2.37. The molecule has 1 aliphatic heterocycles. The summed E-state index contributed by atoms with van der Waals surface area (Å²) in [5.41, 5.74) is -2.76. The number of rotatable bonds is 1. The molecule has 0 aliphatic carbocycles. The number of aliphatic hydroxyl groups is 1. The van der Waals surface area contributed by atoms with Gasteiger partial charge < -0.3 is 10.0 Å². The van der Waals surface area contributed by atoms with Gasteiger partial charge in [-0.05, 0) is 6.92 Å². The molecule has 1 rings (SSSR count). The molecule has 0 radical (unpaired) electrons. The third-order valence-electron chi connectivity index (χ3n) is 2.08. The molecule has 82 valence electrons. The van der Waals surface area contributed by atoms with Gasteiger partial charge in [-0.3, -0.25) is 4.79 Å². The first-order chi connectivity index (χ1) is 6.17. The Morgan fingerprint density at radius 3 is 2.29 bits per heavy atom. The minimum Gasteiger partial charge on any atom is -0.378 e. The number of halogens is 4. The van der Waals surface area contributed by atoms with Gasteiger partial charge in [-0.15, -0.1) is 11.6 Å². The molecule has 1 N–H and O–H groups in total. The minimum absolute atomic E-state index is 0.597. The predicted molar refractivity (Wildman–Crippen MR) is 42.9 cm³/mol. The highest BCUT2D eigenvalue weighted by atomic mass is 35.5. The third-order valence-corrected chi connectivity index (χ3v) is 2.27. The van der Waals surface area contributed by atoms with E-state index in [1.54, 1.807) is 0 Å². The van der Waals surface area contributed by atoms with E-state index >= 15 is 0 Å². The Balaban J connectivity index is 2.55. The van der Waals surface area contributed by atoms with Crippen LogP contribution in [-0.2, 0) is 4.79 Å². The van der Waals surface area contributed by atoms with Gasteiger partial charge in [-0.2, -0.15) is 13.2 Å². The number of carbonyl (C=O) groups excluding carboxylic acids is 1. The SMILES string of the molecule is CC(Cl)C(=O)N1CC(O)(C(F)(F)F)C1. The molecule has 1 heterocycles. The summed E-state index contributed by atoms with van der Waals surface area (Å²) in [5.74, 6) is -0.597. The molecular weight excluding hydrogens is 223 g/mol. The number of alkyl halides is 4. The Morgan fingerprint density at radius 2 is 2.00 bits per heavy atom. The van der Waals surface area contributed by atoms with Crippen LogP contribution >= 0.6 is 11.6 Å². The zero-order valence-corrected chi connectivity index (χ0v) is 8.06. The van der Waals surface area contributed by atoms with Crippen LogP contribution in [0.3, 0.4) is 0 Å². The summed E-state index contributed by atoms with van der Waals surface area (Å²) in [4.78, 5) is 11.9. The van der Waals surface area contributed by atoms with E-state index in [0.29, 0.717) is 0 Å². The molecule has 1 aliphatic rings. The molecule has 3 nitrogen and oxygen atoms in total. The maximum Gasteiger partial charge on any atom is 0.420 e. The van der Waals surface area contributed by atoms with Gasteiger partial charge in [0, 0.05) is 0 Å². The topological polar surface area (TPSA) is 40.5 Å². The Bertz CT molecular complexity index is 248. The molecule has 1 unspecified atom stereocenters. The first-order valence-electron chi connectivity index (χ1n) is 3.89. The fourth-order valence-corrected chi connectivity index (χ4v) is 1.31. The maximum atomic E-state index is 12.1. The van der Waals surface area contributed by atoms with Gasteiger partial charge in [0.25, 0.3) is 0 Å². The van der Waals surface area contributed by atoms with Crippen LogP contribution in [-0.4, -0.2) is 46.2 Å². The molecule has 0 saturated carbocycles. The number of hydrogen-bond acceptors (Lipinski definition) is 2. The fraction of sp³-hybridized carbons (Fsp3) is 0.857. The second kappa shape index (κ2) is 3.27. The van der Waals surface area contributed by atoms with Gasteiger partial charge >= 0.3 is 6.18 Å². The predicted octanol–water partition coefficient (Wildman–Crippen LogP) is 0.749. The van der Waals surface area contributed by atoms with E-state index in [1.807, 2.05) is 0 Å². The van der Waals surface area contributed by atoms with Crippen LogP contribution in [0.5, 0.6) is 0 Å². The highest BCUT2D eigenvalue weighted by Gasteiger charge is 2.62. The van der Waals surface area contributed by atoms with E-state index in [9.17, 15) is 18.0 Å². The van der Waals surface area contributed by atoms with Crippen molar-refractivity contribution in [1.29, 1.82) is 0 Å². The van der Waals surface area contributed by atoms with Crippen molar-refractivity contribution < 1.29 is 23.1 Å². The van der Waals surface area contributed by atoms with Gasteiger partial charge in [-0.25, -0.2) is 0 Å². The van der Waals surface area contributed by atoms with E-state index in [1.165, 1.54) is 6.92 Å². The molecule has 0 bridgehead atoms. The minimum atomic E-state index is -4.70. The molecule has 0 aromatic carbocycles. The first-order valence-corrected chi connectivity index (χ1v) is 4.33. The smallest absolute Gasteiger partial charge is 0.378 e. The zero-order chi connectivity index (χ0) is 11.1. The summed E-state index contributed by atoms with van der Waals surface area (Å²) >= 11 is 5.39. The quantitative estimate of drug-likeness (QED) is 0.677. The molecule has 0 aromatic heterocycles. The van der Waals surface area contributed by atoms with Gasteiger partial charge in [0.15, 0.2) is 5.60 Å². The third kappa shape index (κ3) is 1.81. The lowest BCUT2D eigenvalue weighted by Gasteiger charge is -2.47. The van der Waals surface area contributed by atoms with Gasteiger partial charge in [0.05, 0.1) is 13.1 Å². The van der Waals surface area contributed by atoms with Crippen LogP contribution in [0.4, 0.5) is 13.2 Å². The molecule has 1 atom stereocenters. The monoisotopic (exact) mass is 231 g/mol. The first kappa shape index (κ1) is 11.6. The summed E-state index contributed by atoms with van der Waals surface area (Å²) in [6.07, 6.45) is -4.70. The lowest BCUT2D eigenvalue weighted by Crippen LogP contribution is -2.70. The lowest BCUT2D eigenvalue weighted by atomic mass is 9.93. The second-order valence-corrected chi connectivity index (χ2v) is 3.99. The van der Waals surface area contributed by atoms with Crippen LogP contribution < -0.4 is 0 Å².